The fourth-order valence-electron chi connectivity index (χ4n) is 4.18. The lowest BCUT2D eigenvalue weighted by Crippen LogP contribution is -2.31. The molecule has 2 aromatic rings. The average Bonchev–Trinajstić information content (AvgIpc) is 2.85. The van der Waals surface area contributed by atoms with Crippen LogP contribution in [-0.4, -0.2) is 29.4 Å². The van der Waals surface area contributed by atoms with Crippen LogP contribution in [0.5, 0.6) is 0 Å². The first-order valence-electron chi connectivity index (χ1n) is 12.5. The monoisotopic (exact) mass is 512 g/mol. The highest BCUT2D eigenvalue weighted by Gasteiger charge is 2.28. The molecular formula is C27H33F5N2O2. The highest BCUT2D eigenvalue weighted by atomic mass is 19.4. The molecule has 1 unspecified atom stereocenters. The molecule has 3 rings (SSSR count). The van der Waals surface area contributed by atoms with Crippen LogP contribution in [0.15, 0.2) is 30.6 Å². The van der Waals surface area contributed by atoms with Crippen molar-refractivity contribution < 1.29 is 31.4 Å². The minimum absolute atomic E-state index is 0.00905. The Labute approximate surface area is 208 Å². The summed E-state index contributed by atoms with van der Waals surface area (Å²) in [6, 6.07) is 1.80. The number of unbranched alkanes of at least 4 members (excludes halogenated alkanes) is 5. The summed E-state index contributed by atoms with van der Waals surface area (Å²) in [5, 5.41) is 0. The van der Waals surface area contributed by atoms with Crippen molar-refractivity contribution >= 4 is 6.08 Å². The molecule has 1 aromatic carbocycles. The number of hydrogen-bond donors (Lipinski definition) is 0. The number of allylic oxidation sites excluding steroid dienone is 1. The molecule has 1 aliphatic heterocycles. The van der Waals surface area contributed by atoms with Gasteiger partial charge in [0.2, 0.25) is 0 Å². The lowest BCUT2D eigenvalue weighted by atomic mass is 9.89. The number of nitrogens with zero attached hydrogens (tertiary/aromatic N) is 2. The summed E-state index contributed by atoms with van der Waals surface area (Å²) in [6.45, 7) is 5.56. The molecule has 198 valence electrons. The molecule has 0 spiro atoms. The highest BCUT2D eigenvalue weighted by molar-refractivity contribution is 5.61. The summed E-state index contributed by atoms with van der Waals surface area (Å²) in [5.41, 5.74) is -0.196. The van der Waals surface area contributed by atoms with Gasteiger partial charge in [-0.15, -0.1) is 0 Å². The zero-order valence-corrected chi connectivity index (χ0v) is 20.7. The van der Waals surface area contributed by atoms with E-state index in [-0.39, 0.29) is 17.5 Å². The second kappa shape index (κ2) is 13.2. The number of rotatable bonds is 11. The second-order valence-corrected chi connectivity index (χ2v) is 9.36. The molecule has 0 amide bonds. The van der Waals surface area contributed by atoms with Crippen molar-refractivity contribution in [2.24, 2.45) is 11.8 Å². The number of benzene rings is 1. The molecule has 0 radical (unpaired) electrons. The molecule has 1 saturated heterocycles. The third-order valence-corrected chi connectivity index (χ3v) is 6.46. The van der Waals surface area contributed by atoms with Crippen LogP contribution in [0.2, 0.25) is 0 Å². The molecule has 2 heterocycles. The zero-order valence-electron chi connectivity index (χ0n) is 20.7. The van der Waals surface area contributed by atoms with Crippen LogP contribution < -0.4 is 0 Å². The largest absolute Gasteiger partial charge is 0.409 e. The van der Waals surface area contributed by atoms with Gasteiger partial charge in [0.25, 0.3) is 0 Å². The van der Waals surface area contributed by atoms with Crippen LogP contribution in [0.4, 0.5) is 22.0 Å². The van der Waals surface area contributed by atoms with Crippen molar-refractivity contribution in [2.75, 3.05) is 13.2 Å². The maximum absolute atomic E-state index is 14.2. The van der Waals surface area contributed by atoms with Crippen LogP contribution in [0.1, 0.15) is 76.2 Å². The molecular weight excluding hydrogens is 479 g/mol. The first kappa shape index (κ1) is 28.2. The maximum atomic E-state index is 14.2. The average molecular weight is 513 g/mol. The van der Waals surface area contributed by atoms with Gasteiger partial charge in [-0.2, -0.15) is 13.2 Å². The normalized spacial score (nSPS) is 19.6. The summed E-state index contributed by atoms with van der Waals surface area (Å²) in [4.78, 5) is 8.29. The van der Waals surface area contributed by atoms with Crippen molar-refractivity contribution in [3.05, 3.63) is 53.4 Å². The van der Waals surface area contributed by atoms with Crippen LogP contribution in [0.3, 0.4) is 0 Å². The van der Waals surface area contributed by atoms with Crippen molar-refractivity contribution in [3.63, 3.8) is 0 Å². The lowest BCUT2D eigenvalue weighted by Gasteiger charge is -2.32. The second-order valence-electron chi connectivity index (χ2n) is 9.36. The van der Waals surface area contributed by atoms with Gasteiger partial charge in [0.15, 0.2) is 12.1 Å². The Morgan fingerprint density at radius 2 is 1.56 bits per heavy atom. The Bertz CT molecular complexity index is 964. The van der Waals surface area contributed by atoms with E-state index in [2.05, 4.69) is 23.8 Å². The maximum Gasteiger partial charge on any atom is 0.409 e. The van der Waals surface area contributed by atoms with Crippen molar-refractivity contribution in [1.82, 2.24) is 9.97 Å². The molecule has 4 nitrogen and oxygen atoms in total. The van der Waals surface area contributed by atoms with Crippen LogP contribution in [0.25, 0.3) is 17.5 Å². The fraction of sp³-hybridized carbons (Fsp3) is 0.556. The van der Waals surface area contributed by atoms with E-state index in [0.717, 1.165) is 18.6 Å². The Hall–Kier alpha value is -2.39. The van der Waals surface area contributed by atoms with E-state index in [1.807, 2.05) is 0 Å². The van der Waals surface area contributed by atoms with Crippen LogP contribution >= 0.6 is 0 Å². The minimum Gasteiger partial charge on any atom is -0.348 e. The van der Waals surface area contributed by atoms with Gasteiger partial charge in [-0.25, -0.2) is 18.7 Å². The predicted octanol–water partition coefficient (Wildman–Crippen LogP) is 8.05. The number of hydrogen-bond acceptors (Lipinski definition) is 4. The Balaban J connectivity index is 1.53. The van der Waals surface area contributed by atoms with Crippen molar-refractivity contribution in [2.45, 2.75) is 71.3 Å². The van der Waals surface area contributed by atoms with E-state index in [0.29, 0.717) is 36.7 Å². The van der Waals surface area contributed by atoms with E-state index in [9.17, 15) is 22.0 Å². The van der Waals surface area contributed by atoms with Crippen molar-refractivity contribution in [3.8, 4) is 11.4 Å². The first-order chi connectivity index (χ1) is 17.2. The topological polar surface area (TPSA) is 44.2 Å². The molecule has 0 N–H and O–H groups in total. The van der Waals surface area contributed by atoms with Gasteiger partial charge in [-0.3, -0.25) is 0 Å². The van der Waals surface area contributed by atoms with E-state index < -0.39 is 29.7 Å². The quantitative estimate of drug-likeness (QED) is 0.226. The standard InChI is InChI=1S/C27H33F5N2O2/c1-3-4-5-6-7-8-9-18(2)21-16-35-26(36-17-21)20-14-33-25(34-15-20)19-12-23(28)22(24(29)13-19)10-11-27(30,31)32/h10-15,18,21,26H,3-9,16-17H2,1-2H3/b11-10+. The molecule has 1 atom stereocenters. The van der Waals surface area contributed by atoms with E-state index in [4.69, 9.17) is 9.47 Å². The summed E-state index contributed by atoms with van der Waals surface area (Å²) >= 11 is 0. The number of aromatic nitrogens is 2. The molecule has 0 bridgehead atoms. The zero-order chi connectivity index (χ0) is 26.1. The number of alkyl halides is 3. The summed E-state index contributed by atoms with van der Waals surface area (Å²) in [6.07, 6.45) is 6.50. The van der Waals surface area contributed by atoms with E-state index in [1.54, 1.807) is 0 Å². The Morgan fingerprint density at radius 1 is 0.972 bits per heavy atom. The van der Waals surface area contributed by atoms with Gasteiger partial charge in [0, 0.05) is 41.1 Å². The van der Waals surface area contributed by atoms with E-state index >= 15 is 0 Å². The molecule has 1 aromatic heterocycles. The predicted molar refractivity (Wildman–Crippen MR) is 128 cm³/mol. The molecule has 1 aliphatic rings. The first-order valence-corrected chi connectivity index (χ1v) is 12.5. The SMILES string of the molecule is CCCCCCCCC(C)C1COC(c2cnc(-c3cc(F)c(/C=C/C(F)(F)F)c(F)c3)nc2)OC1. The van der Waals surface area contributed by atoms with Crippen molar-refractivity contribution in [1.29, 1.82) is 0 Å². The van der Waals surface area contributed by atoms with Crippen LogP contribution in [-0.2, 0) is 9.47 Å². The van der Waals surface area contributed by atoms with Gasteiger partial charge in [-0.1, -0.05) is 58.8 Å². The highest BCUT2D eigenvalue weighted by Crippen LogP contribution is 2.31. The summed E-state index contributed by atoms with van der Waals surface area (Å²) in [7, 11) is 0. The Morgan fingerprint density at radius 3 is 2.14 bits per heavy atom. The summed E-state index contributed by atoms with van der Waals surface area (Å²) < 4.78 is 77.2. The van der Waals surface area contributed by atoms with Crippen LogP contribution in [0, 0.1) is 23.5 Å². The summed E-state index contributed by atoms with van der Waals surface area (Å²) in [5.74, 6) is -1.44. The molecule has 36 heavy (non-hydrogen) atoms. The lowest BCUT2D eigenvalue weighted by molar-refractivity contribution is -0.212. The molecule has 9 heteroatoms. The number of halogens is 5. The van der Waals surface area contributed by atoms with Gasteiger partial charge in [0.1, 0.15) is 11.6 Å². The third-order valence-electron chi connectivity index (χ3n) is 6.46. The Kier molecular flexibility index (Phi) is 10.4. The van der Waals surface area contributed by atoms with E-state index in [1.165, 1.54) is 50.9 Å². The third kappa shape index (κ3) is 8.34. The number of ether oxygens (including phenoxy) is 2. The van der Waals surface area contributed by atoms with Gasteiger partial charge in [0.05, 0.1) is 13.2 Å². The molecule has 1 fully saturated rings. The van der Waals surface area contributed by atoms with Gasteiger partial charge >= 0.3 is 6.18 Å². The molecule has 0 saturated carbocycles. The smallest absolute Gasteiger partial charge is 0.348 e. The van der Waals surface area contributed by atoms with Gasteiger partial charge < -0.3 is 9.47 Å². The fourth-order valence-corrected chi connectivity index (χ4v) is 4.18. The van der Waals surface area contributed by atoms with Gasteiger partial charge in [-0.05, 0) is 24.1 Å². The minimum atomic E-state index is -4.67. The molecule has 0 aliphatic carbocycles.